The fourth-order valence-electron chi connectivity index (χ4n) is 2.81. The first kappa shape index (κ1) is 21.1. The van der Waals surface area contributed by atoms with Crippen LogP contribution in [0.25, 0.3) is 0 Å². The molecule has 2 rings (SSSR count). The number of ether oxygens (including phenoxy) is 2. The fourth-order valence-corrected chi connectivity index (χ4v) is 2.81. The van der Waals surface area contributed by atoms with Crippen LogP contribution in [0, 0.1) is 20.8 Å². The third-order valence-electron chi connectivity index (χ3n) is 3.91. The zero-order chi connectivity index (χ0) is 20.7. The van der Waals surface area contributed by atoms with Gasteiger partial charge in [0.05, 0.1) is 19.9 Å². The van der Waals surface area contributed by atoms with Crippen molar-refractivity contribution in [3.05, 3.63) is 52.6 Å². The summed E-state index contributed by atoms with van der Waals surface area (Å²) in [5.74, 6) is -0.275. The number of hydrogen-bond donors (Lipinski definition) is 2. The van der Waals surface area contributed by atoms with E-state index in [0.717, 1.165) is 22.4 Å². The second kappa shape index (κ2) is 9.68. The topological polar surface area (TPSA) is 72.0 Å². The number of amides is 1. The summed E-state index contributed by atoms with van der Waals surface area (Å²) in [4.78, 5) is 12.0. The van der Waals surface area contributed by atoms with Crippen molar-refractivity contribution in [2.75, 3.05) is 19.0 Å². The maximum Gasteiger partial charge on any atom is 0.387 e. The van der Waals surface area contributed by atoms with Gasteiger partial charge in [-0.2, -0.15) is 13.9 Å². The Labute approximate surface area is 162 Å². The molecule has 0 aliphatic carbocycles. The number of hydrogen-bond acceptors (Lipinski definition) is 5. The molecule has 2 aromatic carbocycles. The standard InChI is InChI=1S/C20H23F2N3O3/c1-12-7-13(2)19(14(3)8-12)23-11-18(26)25-24-10-15-5-6-16(27-4)17(9-15)28-20(21)22/h5-10,20,23H,11H2,1-4H3,(H,25,26)/b24-10-. The minimum absolute atomic E-state index is 0.0461. The average Bonchev–Trinajstić information content (AvgIpc) is 2.60. The van der Waals surface area contributed by atoms with E-state index in [2.05, 4.69) is 20.6 Å². The van der Waals surface area contributed by atoms with Crippen molar-refractivity contribution in [2.45, 2.75) is 27.4 Å². The number of hydrazone groups is 1. The van der Waals surface area contributed by atoms with Gasteiger partial charge in [0.1, 0.15) is 0 Å². The highest BCUT2D eigenvalue weighted by Gasteiger charge is 2.11. The van der Waals surface area contributed by atoms with E-state index >= 15 is 0 Å². The Bertz CT molecular complexity index is 847. The number of alkyl halides is 2. The Morgan fingerprint density at radius 3 is 2.43 bits per heavy atom. The van der Waals surface area contributed by atoms with Gasteiger partial charge in [-0.25, -0.2) is 5.43 Å². The van der Waals surface area contributed by atoms with E-state index in [9.17, 15) is 13.6 Å². The highest BCUT2D eigenvalue weighted by molar-refractivity contribution is 5.85. The summed E-state index contributed by atoms with van der Waals surface area (Å²) in [6.07, 6.45) is 1.33. The van der Waals surface area contributed by atoms with Crippen molar-refractivity contribution in [1.29, 1.82) is 0 Å². The molecule has 0 atom stereocenters. The molecule has 2 N–H and O–H groups in total. The van der Waals surface area contributed by atoms with Crippen molar-refractivity contribution in [3.8, 4) is 11.5 Å². The van der Waals surface area contributed by atoms with E-state index in [4.69, 9.17) is 4.74 Å². The molecule has 0 radical (unpaired) electrons. The van der Waals surface area contributed by atoms with Crippen LogP contribution < -0.4 is 20.2 Å². The van der Waals surface area contributed by atoms with Gasteiger partial charge in [0, 0.05) is 5.69 Å². The molecule has 1 amide bonds. The van der Waals surface area contributed by atoms with Gasteiger partial charge >= 0.3 is 6.61 Å². The third kappa shape index (κ3) is 5.94. The van der Waals surface area contributed by atoms with Gasteiger partial charge in [0.2, 0.25) is 0 Å². The molecule has 0 bridgehead atoms. The molecule has 0 spiro atoms. The van der Waals surface area contributed by atoms with Gasteiger partial charge in [0.15, 0.2) is 11.5 Å². The number of carbonyl (C=O) groups excluding carboxylic acids is 1. The number of aryl methyl sites for hydroxylation is 3. The summed E-state index contributed by atoms with van der Waals surface area (Å²) in [6, 6.07) is 8.50. The number of anilines is 1. The summed E-state index contributed by atoms with van der Waals surface area (Å²) in [6.45, 7) is 3.04. The molecule has 0 saturated heterocycles. The van der Waals surface area contributed by atoms with Crippen LogP contribution in [0.15, 0.2) is 35.4 Å². The van der Waals surface area contributed by atoms with E-state index in [-0.39, 0.29) is 24.0 Å². The molecule has 0 saturated carbocycles. The first-order chi connectivity index (χ1) is 13.3. The lowest BCUT2D eigenvalue weighted by molar-refractivity contribution is -0.119. The van der Waals surface area contributed by atoms with Crippen LogP contribution in [-0.2, 0) is 4.79 Å². The zero-order valence-electron chi connectivity index (χ0n) is 16.2. The molecule has 0 fully saturated rings. The van der Waals surface area contributed by atoms with Gasteiger partial charge in [-0.3, -0.25) is 4.79 Å². The van der Waals surface area contributed by atoms with Gasteiger partial charge in [-0.15, -0.1) is 0 Å². The zero-order valence-corrected chi connectivity index (χ0v) is 16.2. The molecule has 0 aromatic heterocycles. The van der Waals surface area contributed by atoms with Crippen molar-refractivity contribution >= 4 is 17.8 Å². The van der Waals surface area contributed by atoms with E-state index in [1.807, 2.05) is 32.9 Å². The monoisotopic (exact) mass is 391 g/mol. The highest BCUT2D eigenvalue weighted by Crippen LogP contribution is 2.29. The molecule has 150 valence electrons. The van der Waals surface area contributed by atoms with Crippen LogP contribution in [0.4, 0.5) is 14.5 Å². The number of nitrogens with zero attached hydrogens (tertiary/aromatic N) is 1. The third-order valence-corrected chi connectivity index (χ3v) is 3.91. The largest absolute Gasteiger partial charge is 0.493 e. The first-order valence-electron chi connectivity index (χ1n) is 8.56. The van der Waals surface area contributed by atoms with Crippen molar-refractivity contribution in [2.24, 2.45) is 5.10 Å². The smallest absolute Gasteiger partial charge is 0.387 e. The van der Waals surface area contributed by atoms with Crippen LogP contribution in [0.3, 0.4) is 0 Å². The first-order valence-corrected chi connectivity index (χ1v) is 8.56. The number of nitrogens with one attached hydrogen (secondary N) is 2. The Morgan fingerprint density at radius 2 is 1.82 bits per heavy atom. The molecule has 2 aromatic rings. The summed E-state index contributed by atoms with van der Waals surface area (Å²) in [5, 5.41) is 6.94. The fraction of sp³-hybridized carbons (Fsp3) is 0.300. The molecule has 0 aliphatic heterocycles. The van der Waals surface area contributed by atoms with Crippen LogP contribution in [0.2, 0.25) is 0 Å². The lowest BCUT2D eigenvalue weighted by Crippen LogP contribution is -2.26. The van der Waals surface area contributed by atoms with Gasteiger partial charge < -0.3 is 14.8 Å². The number of rotatable bonds is 8. The van der Waals surface area contributed by atoms with Crippen molar-refractivity contribution in [3.63, 3.8) is 0 Å². The Balaban J connectivity index is 1.95. The van der Waals surface area contributed by atoms with E-state index < -0.39 is 6.61 Å². The number of carbonyl (C=O) groups is 1. The second-order valence-electron chi connectivity index (χ2n) is 6.21. The van der Waals surface area contributed by atoms with Crippen molar-refractivity contribution < 1.29 is 23.0 Å². The minimum atomic E-state index is -2.97. The Hall–Kier alpha value is -3.16. The SMILES string of the molecule is COc1ccc(/C=N\NC(=O)CNc2c(C)cc(C)cc2C)cc1OC(F)F. The van der Waals surface area contributed by atoms with Crippen LogP contribution in [-0.4, -0.2) is 32.4 Å². The molecule has 0 heterocycles. The van der Waals surface area contributed by atoms with E-state index in [0.29, 0.717) is 5.56 Å². The van der Waals surface area contributed by atoms with Gasteiger partial charge in [0.25, 0.3) is 5.91 Å². The normalized spacial score (nSPS) is 11.0. The quantitative estimate of drug-likeness (QED) is 0.531. The molecular formula is C20H23F2N3O3. The molecule has 6 nitrogen and oxygen atoms in total. The maximum atomic E-state index is 12.5. The van der Waals surface area contributed by atoms with E-state index in [1.165, 1.54) is 25.5 Å². The Morgan fingerprint density at radius 1 is 1.14 bits per heavy atom. The molecule has 28 heavy (non-hydrogen) atoms. The number of methoxy groups -OCH3 is 1. The number of halogens is 2. The average molecular weight is 391 g/mol. The van der Waals surface area contributed by atoms with Crippen LogP contribution >= 0.6 is 0 Å². The van der Waals surface area contributed by atoms with Crippen LogP contribution in [0.5, 0.6) is 11.5 Å². The summed E-state index contributed by atoms with van der Waals surface area (Å²) < 4.78 is 34.3. The van der Waals surface area contributed by atoms with Gasteiger partial charge in [-0.05, 0) is 55.7 Å². The van der Waals surface area contributed by atoms with E-state index in [1.54, 1.807) is 6.07 Å². The lowest BCUT2D eigenvalue weighted by atomic mass is 10.1. The molecule has 8 heteroatoms. The minimum Gasteiger partial charge on any atom is -0.493 e. The molecule has 0 unspecified atom stereocenters. The number of benzene rings is 2. The lowest BCUT2D eigenvalue weighted by Gasteiger charge is -2.13. The summed E-state index contributed by atoms with van der Waals surface area (Å²) in [7, 11) is 1.35. The van der Waals surface area contributed by atoms with Crippen molar-refractivity contribution in [1.82, 2.24) is 5.43 Å². The molecular weight excluding hydrogens is 368 g/mol. The summed E-state index contributed by atoms with van der Waals surface area (Å²) >= 11 is 0. The Kier molecular flexibility index (Phi) is 7.31. The predicted molar refractivity (Wildman–Crippen MR) is 105 cm³/mol. The maximum absolute atomic E-state index is 12.5. The van der Waals surface area contributed by atoms with Gasteiger partial charge in [-0.1, -0.05) is 17.7 Å². The highest BCUT2D eigenvalue weighted by atomic mass is 19.3. The molecule has 0 aliphatic rings. The van der Waals surface area contributed by atoms with Crippen LogP contribution in [0.1, 0.15) is 22.3 Å². The second-order valence-corrected chi connectivity index (χ2v) is 6.21. The predicted octanol–water partition coefficient (Wildman–Crippen LogP) is 3.78. The summed E-state index contributed by atoms with van der Waals surface area (Å²) in [5.41, 5.74) is 7.03.